The van der Waals surface area contributed by atoms with Crippen LogP contribution in [0.25, 0.3) is 22.0 Å². The van der Waals surface area contributed by atoms with Crippen molar-refractivity contribution in [2.45, 2.75) is 9.92 Å². The number of hydrogen-bond acceptors (Lipinski definition) is 3. The molecule has 0 amide bonds. The highest BCUT2D eigenvalue weighted by atomic mass is 35.5. The molecule has 2 aromatic carbocycles. The Morgan fingerprint density at radius 2 is 1.77 bits per heavy atom. The molecule has 26 heavy (non-hydrogen) atoms. The van der Waals surface area contributed by atoms with Gasteiger partial charge in [0.1, 0.15) is 0 Å². The molecule has 2 heterocycles. The molecule has 0 aliphatic heterocycles. The molecule has 4 nitrogen and oxygen atoms in total. The number of benzene rings is 2. The normalized spacial score (nSPS) is 11.0. The largest absolute Gasteiger partial charge is 0.618 e. The molecular formula is C20H13ClN2O2S. The number of rotatable bonds is 3. The Hall–Kier alpha value is -2.76. The van der Waals surface area contributed by atoms with Crippen LogP contribution in [0, 0.1) is 5.21 Å². The Balaban J connectivity index is 2.04. The third-order valence-corrected chi connectivity index (χ3v) is 5.34. The van der Waals surface area contributed by atoms with Crippen LogP contribution in [-0.2, 0) is 0 Å². The van der Waals surface area contributed by atoms with Gasteiger partial charge in [0, 0.05) is 33.6 Å². The number of aromatic amines is 1. The molecule has 6 heteroatoms. The number of nitrogens with one attached hydrogen (secondary N) is 1. The first-order valence-electron chi connectivity index (χ1n) is 7.90. The van der Waals surface area contributed by atoms with Crippen molar-refractivity contribution in [3.63, 3.8) is 0 Å². The number of aromatic nitrogens is 2. The van der Waals surface area contributed by atoms with E-state index in [1.165, 1.54) is 6.20 Å². The lowest BCUT2D eigenvalue weighted by molar-refractivity contribution is -0.645. The fourth-order valence-electron chi connectivity index (χ4n) is 2.83. The molecule has 2 aromatic heterocycles. The molecule has 0 spiro atoms. The smallest absolute Gasteiger partial charge is 0.263 e. The van der Waals surface area contributed by atoms with Gasteiger partial charge in [0.15, 0.2) is 6.20 Å². The lowest BCUT2D eigenvalue weighted by atomic mass is 10.0. The summed E-state index contributed by atoms with van der Waals surface area (Å²) < 4.78 is 0.751. The van der Waals surface area contributed by atoms with E-state index in [4.69, 9.17) is 11.6 Å². The van der Waals surface area contributed by atoms with Crippen LogP contribution < -0.4 is 10.3 Å². The zero-order valence-corrected chi connectivity index (χ0v) is 15.1. The van der Waals surface area contributed by atoms with Crippen molar-refractivity contribution >= 4 is 34.3 Å². The van der Waals surface area contributed by atoms with Crippen LogP contribution in [0.15, 0.2) is 87.6 Å². The summed E-state index contributed by atoms with van der Waals surface area (Å²) in [6, 6.07) is 20.1. The second-order valence-corrected chi connectivity index (χ2v) is 7.15. The topological polar surface area (TPSA) is 59.8 Å². The molecule has 0 radical (unpaired) electrons. The predicted octanol–water partition coefficient (Wildman–Crippen LogP) is 4.63. The molecule has 0 aliphatic carbocycles. The van der Waals surface area contributed by atoms with E-state index in [0.717, 1.165) is 33.0 Å². The predicted molar refractivity (Wildman–Crippen MR) is 105 cm³/mol. The third kappa shape index (κ3) is 3.07. The molecule has 0 fully saturated rings. The first-order valence-corrected chi connectivity index (χ1v) is 9.10. The first kappa shape index (κ1) is 16.7. The Morgan fingerprint density at radius 1 is 1.00 bits per heavy atom. The van der Waals surface area contributed by atoms with E-state index in [9.17, 15) is 10.0 Å². The fourth-order valence-corrected chi connectivity index (χ4v) is 3.98. The molecule has 128 valence electrons. The molecule has 4 rings (SSSR count). The Kier molecular flexibility index (Phi) is 4.41. The van der Waals surface area contributed by atoms with Crippen molar-refractivity contribution in [2.24, 2.45) is 0 Å². The summed E-state index contributed by atoms with van der Waals surface area (Å²) in [4.78, 5) is 16.2. The van der Waals surface area contributed by atoms with Crippen molar-refractivity contribution in [2.75, 3.05) is 0 Å². The molecule has 0 bridgehead atoms. The van der Waals surface area contributed by atoms with Gasteiger partial charge in [0.25, 0.3) is 10.6 Å². The fraction of sp³-hybridized carbons (Fsp3) is 0. The molecule has 0 saturated carbocycles. The van der Waals surface area contributed by atoms with E-state index in [-0.39, 0.29) is 5.56 Å². The van der Waals surface area contributed by atoms with Crippen molar-refractivity contribution in [1.29, 1.82) is 0 Å². The van der Waals surface area contributed by atoms with Gasteiger partial charge in [0.2, 0.25) is 0 Å². The van der Waals surface area contributed by atoms with Crippen LogP contribution in [0.2, 0.25) is 5.02 Å². The lowest BCUT2D eigenvalue weighted by Gasteiger charge is -2.12. The minimum atomic E-state index is -0.243. The average molecular weight is 381 g/mol. The van der Waals surface area contributed by atoms with Gasteiger partial charge in [-0.3, -0.25) is 4.79 Å². The lowest BCUT2D eigenvalue weighted by Crippen LogP contribution is -2.28. The zero-order valence-electron chi connectivity index (χ0n) is 13.5. The number of halogens is 1. The molecular weight excluding hydrogens is 368 g/mol. The van der Waals surface area contributed by atoms with E-state index in [2.05, 4.69) is 4.98 Å². The van der Waals surface area contributed by atoms with E-state index in [0.29, 0.717) is 20.5 Å². The standard InChI is InChI=1S/C20H13ClN2O2S/c21-14-9-10-16-15(12-14)18(13-6-2-1-3-7-13)19(20(24)22-16)26-17-8-4-5-11-23(17)25/h1-12H,(H,22,24). The van der Waals surface area contributed by atoms with Crippen molar-refractivity contribution < 1.29 is 4.73 Å². The van der Waals surface area contributed by atoms with Crippen LogP contribution in [0.1, 0.15) is 0 Å². The van der Waals surface area contributed by atoms with Gasteiger partial charge in [-0.25, -0.2) is 0 Å². The molecule has 0 unspecified atom stereocenters. The van der Waals surface area contributed by atoms with Crippen molar-refractivity contribution in [1.82, 2.24) is 4.98 Å². The van der Waals surface area contributed by atoms with Crippen molar-refractivity contribution in [3.8, 4) is 11.1 Å². The quantitative estimate of drug-likeness (QED) is 0.416. The van der Waals surface area contributed by atoms with Gasteiger partial charge in [-0.15, -0.1) is 0 Å². The highest BCUT2D eigenvalue weighted by Gasteiger charge is 2.19. The van der Waals surface area contributed by atoms with Gasteiger partial charge in [0.05, 0.1) is 4.90 Å². The molecule has 4 aromatic rings. The minimum absolute atomic E-state index is 0.243. The highest BCUT2D eigenvalue weighted by Crippen LogP contribution is 2.37. The molecule has 0 saturated heterocycles. The summed E-state index contributed by atoms with van der Waals surface area (Å²) in [5.74, 6) is 0. The molecule has 0 atom stereocenters. The Labute approximate surface area is 158 Å². The maximum atomic E-state index is 12.8. The molecule has 0 aliphatic rings. The van der Waals surface area contributed by atoms with Crippen LogP contribution in [0.3, 0.4) is 0 Å². The number of fused-ring (bicyclic) bond motifs is 1. The summed E-state index contributed by atoms with van der Waals surface area (Å²) in [5.41, 5.74) is 2.11. The highest BCUT2D eigenvalue weighted by molar-refractivity contribution is 7.99. The maximum absolute atomic E-state index is 12.8. The van der Waals surface area contributed by atoms with E-state index < -0.39 is 0 Å². The van der Waals surface area contributed by atoms with Crippen LogP contribution in [-0.4, -0.2) is 4.98 Å². The average Bonchev–Trinajstić information content (AvgIpc) is 2.65. The van der Waals surface area contributed by atoms with Gasteiger partial charge >= 0.3 is 0 Å². The monoisotopic (exact) mass is 380 g/mol. The van der Waals surface area contributed by atoms with Crippen LogP contribution in [0.5, 0.6) is 0 Å². The third-order valence-electron chi connectivity index (χ3n) is 3.99. The Morgan fingerprint density at radius 3 is 2.54 bits per heavy atom. The van der Waals surface area contributed by atoms with Gasteiger partial charge in [-0.1, -0.05) is 41.9 Å². The number of nitrogens with zero attached hydrogens (tertiary/aromatic N) is 1. The van der Waals surface area contributed by atoms with Crippen molar-refractivity contribution in [3.05, 3.63) is 93.5 Å². The van der Waals surface area contributed by atoms with Crippen LogP contribution in [0.4, 0.5) is 0 Å². The van der Waals surface area contributed by atoms with E-state index in [1.54, 1.807) is 30.3 Å². The second kappa shape index (κ2) is 6.86. The summed E-state index contributed by atoms with van der Waals surface area (Å²) in [6.45, 7) is 0. The number of pyridine rings is 2. The SMILES string of the molecule is O=c1[nH]c2ccc(Cl)cc2c(-c2ccccc2)c1Sc1cccc[n+]1[O-]. The number of hydrogen-bond donors (Lipinski definition) is 1. The van der Waals surface area contributed by atoms with Crippen LogP contribution >= 0.6 is 23.4 Å². The van der Waals surface area contributed by atoms with Gasteiger partial charge in [-0.2, -0.15) is 4.73 Å². The van der Waals surface area contributed by atoms with E-state index >= 15 is 0 Å². The summed E-state index contributed by atoms with van der Waals surface area (Å²) >= 11 is 7.35. The van der Waals surface area contributed by atoms with Gasteiger partial charge < -0.3 is 10.2 Å². The summed E-state index contributed by atoms with van der Waals surface area (Å²) in [7, 11) is 0. The summed E-state index contributed by atoms with van der Waals surface area (Å²) in [6.07, 6.45) is 1.41. The van der Waals surface area contributed by atoms with E-state index in [1.807, 2.05) is 36.4 Å². The minimum Gasteiger partial charge on any atom is -0.618 e. The summed E-state index contributed by atoms with van der Waals surface area (Å²) in [5, 5.41) is 13.9. The number of H-pyrrole nitrogens is 1. The molecule has 1 N–H and O–H groups in total. The zero-order chi connectivity index (χ0) is 18.1. The van der Waals surface area contributed by atoms with Gasteiger partial charge in [-0.05, 0) is 41.6 Å². The second-order valence-electron chi connectivity index (χ2n) is 5.68. The first-order chi connectivity index (χ1) is 12.6. The maximum Gasteiger partial charge on any atom is 0.263 e. The Bertz CT molecular complexity index is 1160.